The van der Waals surface area contributed by atoms with Crippen LogP contribution in [0.25, 0.3) is 5.82 Å². The first kappa shape index (κ1) is 19.6. The van der Waals surface area contributed by atoms with Gasteiger partial charge in [0, 0.05) is 18.4 Å². The van der Waals surface area contributed by atoms with Crippen LogP contribution in [0.3, 0.4) is 0 Å². The second-order valence-electron chi connectivity index (χ2n) is 6.84. The van der Waals surface area contributed by atoms with E-state index in [0.29, 0.717) is 6.54 Å². The summed E-state index contributed by atoms with van der Waals surface area (Å²) in [7, 11) is 0. The zero-order valence-electron chi connectivity index (χ0n) is 17.0. The molecule has 2 N–H and O–H groups in total. The molecule has 3 aromatic rings. The molecule has 0 fully saturated rings. The molecule has 0 amide bonds. The number of aromatic nitrogens is 3. The summed E-state index contributed by atoms with van der Waals surface area (Å²) in [5, 5.41) is 11.2. The van der Waals surface area contributed by atoms with Crippen LogP contribution in [0, 0.1) is 13.8 Å². The summed E-state index contributed by atoms with van der Waals surface area (Å²) >= 11 is 0. The lowest BCUT2D eigenvalue weighted by Gasteiger charge is -2.18. The molecule has 0 aliphatic heterocycles. The molecule has 6 heteroatoms. The Hall–Kier alpha value is -3.15. The van der Waals surface area contributed by atoms with Crippen LogP contribution < -0.4 is 10.6 Å². The van der Waals surface area contributed by atoms with Gasteiger partial charge in [0.25, 0.3) is 0 Å². The van der Waals surface area contributed by atoms with E-state index in [9.17, 15) is 0 Å². The number of pyridine rings is 1. The molecule has 0 saturated carbocycles. The Labute approximate surface area is 166 Å². The van der Waals surface area contributed by atoms with Crippen LogP contribution in [0.1, 0.15) is 42.4 Å². The van der Waals surface area contributed by atoms with Crippen molar-refractivity contribution in [2.75, 3.05) is 6.54 Å². The monoisotopic (exact) mass is 376 g/mol. The summed E-state index contributed by atoms with van der Waals surface area (Å²) in [5.74, 6) is 1.61. The van der Waals surface area contributed by atoms with Crippen molar-refractivity contribution in [3.8, 4) is 5.82 Å². The van der Waals surface area contributed by atoms with Gasteiger partial charge in [0.1, 0.15) is 0 Å². The molecule has 1 aromatic carbocycles. The Morgan fingerprint density at radius 2 is 1.93 bits per heavy atom. The van der Waals surface area contributed by atoms with Crippen LogP contribution in [0.15, 0.2) is 59.7 Å². The lowest BCUT2D eigenvalue weighted by Crippen LogP contribution is -2.38. The Balaban J connectivity index is 1.68. The Kier molecular flexibility index (Phi) is 6.42. The van der Waals surface area contributed by atoms with Gasteiger partial charge in [-0.05, 0) is 51.0 Å². The second kappa shape index (κ2) is 9.17. The number of nitrogens with one attached hydrogen (secondary N) is 2. The number of nitrogens with zero attached hydrogens (tertiary/aromatic N) is 4. The molecule has 146 valence electrons. The summed E-state index contributed by atoms with van der Waals surface area (Å²) in [5.41, 5.74) is 4.34. The molecule has 0 saturated heterocycles. The second-order valence-corrected chi connectivity index (χ2v) is 6.84. The van der Waals surface area contributed by atoms with Gasteiger partial charge in [-0.1, -0.05) is 36.4 Å². The predicted molar refractivity (Wildman–Crippen MR) is 114 cm³/mol. The van der Waals surface area contributed by atoms with Gasteiger partial charge in [-0.3, -0.25) is 0 Å². The Morgan fingerprint density at radius 3 is 2.54 bits per heavy atom. The van der Waals surface area contributed by atoms with Gasteiger partial charge in [0.2, 0.25) is 0 Å². The zero-order valence-corrected chi connectivity index (χ0v) is 17.0. The van der Waals surface area contributed by atoms with E-state index in [-0.39, 0.29) is 6.04 Å². The topological polar surface area (TPSA) is 67.1 Å². The maximum Gasteiger partial charge on any atom is 0.192 e. The largest absolute Gasteiger partial charge is 0.357 e. The summed E-state index contributed by atoms with van der Waals surface area (Å²) < 4.78 is 1.86. The molecule has 2 heterocycles. The van der Waals surface area contributed by atoms with Gasteiger partial charge in [0.15, 0.2) is 11.8 Å². The van der Waals surface area contributed by atoms with Gasteiger partial charge in [-0.15, -0.1) is 0 Å². The molecule has 0 aliphatic carbocycles. The SMILES string of the molecule is CCNC(=NCc1ccc(-n2nc(C)cc2C)nc1)NC(C)c1ccccc1. The van der Waals surface area contributed by atoms with Gasteiger partial charge in [-0.25, -0.2) is 14.7 Å². The van der Waals surface area contributed by atoms with Gasteiger partial charge in [0.05, 0.1) is 18.3 Å². The van der Waals surface area contributed by atoms with Gasteiger partial charge >= 0.3 is 0 Å². The smallest absolute Gasteiger partial charge is 0.192 e. The summed E-state index contributed by atoms with van der Waals surface area (Å²) in [6.45, 7) is 9.58. The van der Waals surface area contributed by atoms with Crippen molar-refractivity contribution in [1.29, 1.82) is 0 Å². The average molecular weight is 377 g/mol. The maximum absolute atomic E-state index is 4.71. The van der Waals surface area contributed by atoms with Crippen molar-refractivity contribution in [2.45, 2.75) is 40.3 Å². The molecule has 3 rings (SSSR count). The van der Waals surface area contributed by atoms with Crippen LogP contribution >= 0.6 is 0 Å². The molecule has 2 aromatic heterocycles. The third-order valence-corrected chi connectivity index (χ3v) is 4.45. The van der Waals surface area contributed by atoms with E-state index in [2.05, 4.69) is 46.7 Å². The zero-order chi connectivity index (χ0) is 19.9. The van der Waals surface area contributed by atoms with E-state index in [1.54, 1.807) is 0 Å². The first-order valence-electron chi connectivity index (χ1n) is 9.65. The fourth-order valence-electron chi connectivity index (χ4n) is 3.02. The molecular weight excluding hydrogens is 348 g/mol. The van der Waals surface area contributed by atoms with Crippen LogP contribution in [0.4, 0.5) is 0 Å². The highest BCUT2D eigenvalue weighted by atomic mass is 15.3. The minimum absolute atomic E-state index is 0.172. The van der Waals surface area contributed by atoms with Crippen molar-refractivity contribution >= 4 is 5.96 Å². The van der Waals surface area contributed by atoms with Crippen molar-refractivity contribution < 1.29 is 0 Å². The van der Waals surface area contributed by atoms with Crippen LogP contribution in [0.5, 0.6) is 0 Å². The molecule has 1 atom stereocenters. The molecule has 0 radical (unpaired) electrons. The quantitative estimate of drug-likeness (QED) is 0.508. The molecule has 0 spiro atoms. The van der Waals surface area contributed by atoms with Crippen molar-refractivity contribution in [2.24, 2.45) is 4.99 Å². The standard InChI is InChI=1S/C22H28N6/c1-5-23-22(26-18(4)20-9-7-6-8-10-20)25-15-19-11-12-21(24-14-19)28-17(3)13-16(2)27-28/h6-14,18H,5,15H2,1-4H3,(H2,23,25,26). The van der Waals surface area contributed by atoms with E-state index in [0.717, 1.165) is 35.3 Å². The summed E-state index contributed by atoms with van der Waals surface area (Å²) in [6.07, 6.45) is 1.86. The van der Waals surface area contributed by atoms with Crippen molar-refractivity contribution in [1.82, 2.24) is 25.4 Å². The first-order valence-corrected chi connectivity index (χ1v) is 9.65. The predicted octanol–water partition coefficient (Wildman–Crippen LogP) is 3.70. The fraction of sp³-hybridized carbons (Fsp3) is 0.318. The molecular formula is C22H28N6. The van der Waals surface area contributed by atoms with Crippen LogP contribution in [-0.2, 0) is 6.54 Å². The average Bonchev–Trinajstić information content (AvgIpc) is 3.05. The normalized spacial score (nSPS) is 12.6. The molecule has 6 nitrogen and oxygen atoms in total. The number of benzene rings is 1. The van der Waals surface area contributed by atoms with Crippen molar-refractivity contribution in [3.05, 3.63) is 77.2 Å². The third-order valence-electron chi connectivity index (χ3n) is 4.45. The molecule has 1 unspecified atom stereocenters. The van der Waals surface area contributed by atoms with Crippen molar-refractivity contribution in [3.63, 3.8) is 0 Å². The van der Waals surface area contributed by atoms with E-state index in [4.69, 9.17) is 4.99 Å². The fourth-order valence-corrected chi connectivity index (χ4v) is 3.02. The highest BCUT2D eigenvalue weighted by molar-refractivity contribution is 5.80. The highest BCUT2D eigenvalue weighted by Crippen LogP contribution is 2.12. The molecule has 28 heavy (non-hydrogen) atoms. The van der Waals surface area contributed by atoms with Crippen LogP contribution in [0.2, 0.25) is 0 Å². The number of hydrogen-bond acceptors (Lipinski definition) is 3. The third kappa shape index (κ3) is 4.97. The number of guanidine groups is 1. The number of rotatable bonds is 6. The summed E-state index contributed by atoms with van der Waals surface area (Å²) in [4.78, 5) is 9.25. The van der Waals surface area contributed by atoms with E-state index < -0.39 is 0 Å². The summed E-state index contributed by atoms with van der Waals surface area (Å²) in [6, 6.07) is 16.6. The minimum atomic E-state index is 0.172. The maximum atomic E-state index is 4.71. The van der Waals surface area contributed by atoms with E-state index in [1.807, 2.05) is 61.1 Å². The highest BCUT2D eigenvalue weighted by Gasteiger charge is 2.08. The van der Waals surface area contributed by atoms with Gasteiger partial charge < -0.3 is 10.6 Å². The minimum Gasteiger partial charge on any atom is -0.357 e. The lowest BCUT2D eigenvalue weighted by atomic mass is 10.1. The number of hydrogen-bond donors (Lipinski definition) is 2. The van der Waals surface area contributed by atoms with Crippen LogP contribution in [-0.4, -0.2) is 27.3 Å². The molecule has 0 aliphatic rings. The Morgan fingerprint density at radius 1 is 1.14 bits per heavy atom. The molecule has 0 bridgehead atoms. The van der Waals surface area contributed by atoms with E-state index in [1.165, 1.54) is 5.56 Å². The lowest BCUT2D eigenvalue weighted by molar-refractivity contribution is 0.686. The first-order chi connectivity index (χ1) is 13.6. The number of aryl methyl sites for hydroxylation is 2. The van der Waals surface area contributed by atoms with E-state index >= 15 is 0 Å². The Bertz CT molecular complexity index is 912. The number of aliphatic imine (C=N–C) groups is 1. The van der Waals surface area contributed by atoms with Gasteiger partial charge in [-0.2, -0.15) is 5.10 Å².